The highest BCUT2D eigenvalue weighted by Gasteiger charge is 2.28. The van der Waals surface area contributed by atoms with Crippen LogP contribution in [0.2, 0.25) is 0 Å². The topological polar surface area (TPSA) is 48.1 Å². The third-order valence-electron chi connectivity index (χ3n) is 2.93. The second kappa shape index (κ2) is 4.49. The minimum Gasteiger partial charge on any atom is -0.468 e. The minimum atomic E-state index is -0.113. The molecule has 0 bridgehead atoms. The summed E-state index contributed by atoms with van der Waals surface area (Å²) in [5, 5.41) is 2.75. The Labute approximate surface area is 94.7 Å². The Morgan fingerprint density at radius 3 is 2.80 bits per heavy atom. The van der Waals surface area contributed by atoms with Gasteiger partial charge in [-0.05, 0) is 19.8 Å². The predicted molar refractivity (Wildman–Crippen MR) is 62.3 cm³/mol. The van der Waals surface area contributed by atoms with Crippen molar-refractivity contribution >= 4 is 11.3 Å². The van der Waals surface area contributed by atoms with E-state index in [1.54, 1.807) is 11.3 Å². The van der Waals surface area contributed by atoms with Crippen LogP contribution in [0.3, 0.4) is 0 Å². The fraction of sp³-hybridized carbons (Fsp3) is 0.727. The maximum atomic E-state index is 6.27. The number of aryl methyl sites for hydroxylation is 1. The predicted octanol–water partition coefficient (Wildman–Crippen LogP) is 2.49. The molecular weight excluding hydrogens is 208 g/mol. The fourth-order valence-corrected chi connectivity index (χ4v) is 2.65. The molecule has 0 atom stereocenters. The number of rotatable bonds is 3. The summed E-state index contributed by atoms with van der Waals surface area (Å²) in [4.78, 5) is 4.27. The molecule has 1 aromatic rings. The summed E-state index contributed by atoms with van der Waals surface area (Å²) in [5.74, 6) is 0. The zero-order chi connectivity index (χ0) is 10.7. The van der Waals surface area contributed by atoms with Crippen molar-refractivity contribution in [1.29, 1.82) is 0 Å². The number of thiazole rings is 1. The molecule has 0 spiro atoms. The normalized spacial score (nSPS) is 20.1. The second-order valence-corrected chi connectivity index (χ2v) is 5.29. The second-order valence-electron chi connectivity index (χ2n) is 4.47. The van der Waals surface area contributed by atoms with Crippen molar-refractivity contribution in [2.45, 2.75) is 44.6 Å². The summed E-state index contributed by atoms with van der Waals surface area (Å²) in [6, 6.07) is 0. The minimum absolute atomic E-state index is 0.113. The van der Waals surface area contributed by atoms with Crippen LogP contribution in [0.15, 0.2) is 5.38 Å². The molecule has 4 heteroatoms. The third kappa shape index (κ3) is 2.92. The van der Waals surface area contributed by atoms with Crippen molar-refractivity contribution < 1.29 is 4.74 Å². The van der Waals surface area contributed by atoms with Crippen LogP contribution in [0.4, 0.5) is 0 Å². The van der Waals surface area contributed by atoms with Crippen LogP contribution < -0.4 is 10.5 Å². The van der Waals surface area contributed by atoms with Gasteiger partial charge in [-0.3, -0.25) is 0 Å². The number of ether oxygens (including phenoxy) is 1. The van der Waals surface area contributed by atoms with Crippen molar-refractivity contribution in [3.05, 3.63) is 11.1 Å². The van der Waals surface area contributed by atoms with E-state index in [0.717, 1.165) is 23.7 Å². The molecule has 1 heterocycles. The molecule has 1 aliphatic carbocycles. The van der Waals surface area contributed by atoms with Crippen LogP contribution in [-0.4, -0.2) is 17.1 Å². The molecule has 0 aromatic carbocycles. The first-order chi connectivity index (χ1) is 7.18. The van der Waals surface area contributed by atoms with Gasteiger partial charge in [0.2, 0.25) is 0 Å². The average molecular weight is 226 g/mol. The van der Waals surface area contributed by atoms with E-state index in [2.05, 4.69) is 4.98 Å². The number of nitrogens with zero attached hydrogens (tertiary/aromatic N) is 1. The zero-order valence-corrected chi connectivity index (χ0v) is 9.98. The van der Waals surface area contributed by atoms with Gasteiger partial charge in [0, 0.05) is 5.38 Å². The Bertz CT molecular complexity index is 318. The summed E-state index contributed by atoms with van der Waals surface area (Å²) < 4.78 is 5.65. The van der Waals surface area contributed by atoms with Gasteiger partial charge in [-0.15, -0.1) is 0 Å². The van der Waals surface area contributed by atoms with E-state index in [9.17, 15) is 0 Å². The van der Waals surface area contributed by atoms with Gasteiger partial charge < -0.3 is 10.5 Å². The maximum absolute atomic E-state index is 6.27. The Morgan fingerprint density at radius 1 is 1.47 bits per heavy atom. The molecule has 15 heavy (non-hydrogen) atoms. The van der Waals surface area contributed by atoms with Crippen LogP contribution in [0, 0.1) is 6.92 Å². The molecule has 0 saturated heterocycles. The first kappa shape index (κ1) is 10.9. The van der Waals surface area contributed by atoms with Gasteiger partial charge in [0.05, 0.1) is 11.2 Å². The van der Waals surface area contributed by atoms with Crippen LogP contribution in [0.5, 0.6) is 5.19 Å². The molecule has 1 saturated carbocycles. The van der Waals surface area contributed by atoms with E-state index in [1.807, 2.05) is 12.3 Å². The highest BCUT2D eigenvalue weighted by molar-refractivity contribution is 7.11. The van der Waals surface area contributed by atoms with E-state index in [0.29, 0.717) is 6.61 Å². The van der Waals surface area contributed by atoms with Crippen molar-refractivity contribution in [2.24, 2.45) is 5.73 Å². The Kier molecular flexibility index (Phi) is 3.26. The van der Waals surface area contributed by atoms with Crippen LogP contribution >= 0.6 is 11.3 Å². The first-order valence-electron chi connectivity index (χ1n) is 5.52. The lowest BCUT2D eigenvalue weighted by atomic mass is 9.83. The summed E-state index contributed by atoms with van der Waals surface area (Å²) in [6.07, 6.45) is 5.94. The zero-order valence-electron chi connectivity index (χ0n) is 9.16. The average Bonchev–Trinajstić information content (AvgIpc) is 2.63. The SMILES string of the molecule is Cc1csc(OCC2(N)CCCCC2)n1. The number of hydrogen-bond donors (Lipinski definition) is 1. The molecule has 3 nitrogen and oxygen atoms in total. The highest BCUT2D eigenvalue weighted by Crippen LogP contribution is 2.27. The van der Waals surface area contributed by atoms with Gasteiger partial charge >= 0.3 is 0 Å². The Balaban J connectivity index is 1.86. The summed E-state index contributed by atoms with van der Waals surface area (Å²) in [5.41, 5.74) is 7.17. The van der Waals surface area contributed by atoms with E-state index >= 15 is 0 Å². The van der Waals surface area contributed by atoms with E-state index in [4.69, 9.17) is 10.5 Å². The van der Waals surface area contributed by atoms with Crippen molar-refractivity contribution in [2.75, 3.05) is 6.61 Å². The molecule has 2 rings (SSSR count). The smallest absolute Gasteiger partial charge is 0.273 e. The molecule has 1 fully saturated rings. The molecule has 0 aliphatic heterocycles. The quantitative estimate of drug-likeness (QED) is 0.861. The summed E-state index contributed by atoms with van der Waals surface area (Å²) in [6.45, 7) is 2.59. The standard InChI is InChI=1S/C11H18N2OS/c1-9-7-15-10(13-9)14-8-11(12)5-3-2-4-6-11/h7H,2-6,8,12H2,1H3. The van der Waals surface area contributed by atoms with Crippen LogP contribution in [0.25, 0.3) is 0 Å². The molecule has 1 aliphatic rings. The maximum Gasteiger partial charge on any atom is 0.273 e. The molecule has 2 N–H and O–H groups in total. The molecular formula is C11H18N2OS. The van der Waals surface area contributed by atoms with E-state index in [1.165, 1.54) is 19.3 Å². The van der Waals surface area contributed by atoms with Gasteiger partial charge in [0.15, 0.2) is 0 Å². The van der Waals surface area contributed by atoms with Gasteiger partial charge in [-0.25, -0.2) is 4.98 Å². The van der Waals surface area contributed by atoms with Crippen LogP contribution in [0.1, 0.15) is 37.8 Å². The van der Waals surface area contributed by atoms with Gasteiger partial charge in [-0.1, -0.05) is 30.6 Å². The monoisotopic (exact) mass is 226 g/mol. The molecule has 0 radical (unpaired) electrons. The number of hydrogen-bond acceptors (Lipinski definition) is 4. The summed E-state index contributed by atoms with van der Waals surface area (Å²) in [7, 11) is 0. The first-order valence-corrected chi connectivity index (χ1v) is 6.40. The lowest BCUT2D eigenvalue weighted by molar-refractivity contribution is 0.173. The Morgan fingerprint density at radius 2 is 2.20 bits per heavy atom. The van der Waals surface area contributed by atoms with Crippen molar-refractivity contribution in [3.8, 4) is 5.19 Å². The Hall–Kier alpha value is -0.610. The number of nitrogens with two attached hydrogens (primary N) is 1. The fourth-order valence-electron chi connectivity index (χ4n) is 2.00. The van der Waals surface area contributed by atoms with Gasteiger partial charge in [-0.2, -0.15) is 0 Å². The van der Waals surface area contributed by atoms with E-state index in [-0.39, 0.29) is 5.54 Å². The van der Waals surface area contributed by atoms with Crippen LogP contribution in [-0.2, 0) is 0 Å². The third-order valence-corrected chi connectivity index (χ3v) is 3.80. The molecule has 84 valence electrons. The summed E-state index contributed by atoms with van der Waals surface area (Å²) >= 11 is 1.55. The lowest BCUT2D eigenvalue weighted by Gasteiger charge is -2.32. The van der Waals surface area contributed by atoms with E-state index < -0.39 is 0 Å². The van der Waals surface area contributed by atoms with Gasteiger partial charge in [0.25, 0.3) is 5.19 Å². The lowest BCUT2D eigenvalue weighted by Crippen LogP contribution is -2.47. The molecule has 1 aromatic heterocycles. The highest BCUT2D eigenvalue weighted by atomic mass is 32.1. The van der Waals surface area contributed by atoms with Crippen molar-refractivity contribution in [1.82, 2.24) is 4.98 Å². The largest absolute Gasteiger partial charge is 0.468 e. The van der Waals surface area contributed by atoms with Gasteiger partial charge in [0.1, 0.15) is 6.61 Å². The van der Waals surface area contributed by atoms with Crippen molar-refractivity contribution in [3.63, 3.8) is 0 Å². The molecule has 0 unspecified atom stereocenters. The number of aromatic nitrogens is 1. The molecule has 0 amide bonds.